The number of aromatic nitrogens is 2. The molecule has 1 heterocycles. The van der Waals surface area contributed by atoms with Gasteiger partial charge in [0.05, 0.1) is 10.2 Å². The number of hydrogen-bond acceptors (Lipinski definition) is 2. The molecule has 5 atom stereocenters. The third kappa shape index (κ3) is 2.89. The molecule has 1 aromatic rings. The highest BCUT2D eigenvalue weighted by Crippen LogP contribution is 2.49. The lowest BCUT2D eigenvalue weighted by atomic mass is 9.84. The molecule has 0 radical (unpaired) electrons. The maximum absolute atomic E-state index is 12.5. The summed E-state index contributed by atoms with van der Waals surface area (Å²) in [4.78, 5) is 12.5. The molecule has 0 unspecified atom stereocenters. The van der Waals surface area contributed by atoms with Crippen LogP contribution in [0.5, 0.6) is 0 Å². The topological polar surface area (TPSA) is 46.9 Å². The molecule has 2 bridgehead atoms. The Balaban J connectivity index is 1.60. The van der Waals surface area contributed by atoms with Crippen molar-refractivity contribution in [1.82, 2.24) is 15.1 Å². The lowest BCUT2D eigenvalue weighted by Gasteiger charge is -2.29. The van der Waals surface area contributed by atoms with Crippen molar-refractivity contribution in [3.63, 3.8) is 0 Å². The van der Waals surface area contributed by atoms with Gasteiger partial charge < -0.3 is 5.32 Å². The number of nitrogens with one attached hydrogen (secondary N) is 1. The summed E-state index contributed by atoms with van der Waals surface area (Å²) in [5, 5.41) is 7.60. The van der Waals surface area contributed by atoms with Gasteiger partial charge in [-0.3, -0.25) is 9.48 Å². The predicted octanol–water partition coefficient (Wildman–Crippen LogP) is 3.46. The molecule has 1 aromatic heterocycles. The van der Waals surface area contributed by atoms with E-state index in [1.165, 1.54) is 25.7 Å². The van der Waals surface area contributed by atoms with Crippen LogP contribution in [0, 0.1) is 24.7 Å². The van der Waals surface area contributed by atoms with Crippen molar-refractivity contribution in [2.45, 2.75) is 58.5 Å². The second kappa shape index (κ2) is 5.75. The summed E-state index contributed by atoms with van der Waals surface area (Å²) in [5.41, 5.74) is 0.913. The average Bonchev–Trinajstić information content (AvgIpc) is 3.14. The van der Waals surface area contributed by atoms with Crippen LogP contribution in [0.3, 0.4) is 0 Å². The van der Waals surface area contributed by atoms with Crippen LogP contribution in [0.15, 0.2) is 10.7 Å². The summed E-state index contributed by atoms with van der Waals surface area (Å²) < 4.78 is 2.69. The van der Waals surface area contributed by atoms with Crippen molar-refractivity contribution in [1.29, 1.82) is 0 Å². The zero-order valence-electron chi connectivity index (χ0n) is 13.0. The molecule has 2 saturated carbocycles. The van der Waals surface area contributed by atoms with E-state index in [9.17, 15) is 4.79 Å². The highest BCUT2D eigenvalue weighted by molar-refractivity contribution is 9.10. The summed E-state index contributed by atoms with van der Waals surface area (Å²) in [5.74, 6) is 2.49. The molecule has 0 aliphatic heterocycles. The van der Waals surface area contributed by atoms with Crippen molar-refractivity contribution in [2.75, 3.05) is 0 Å². The number of fused-ring (bicyclic) bond motifs is 2. The van der Waals surface area contributed by atoms with Crippen molar-refractivity contribution < 1.29 is 4.79 Å². The van der Waals surface area contributed by atoms with E-state index in [0.717, 1.165) is 22.0 Å². The fraction of sp³-hybridized carbons (Fsp3) is 0.750. The Kier molecular flexibility index (Phi) is 4.12. The fourth-order valence-electron chi connectivity index (χ4n) is 4.14. The van der Waals surface area contributed by atoms with Crippen LogP contribution in [0.1, 0.15) is 51.3 Å². The van der Waals surface area contributed by atoms with Crippen LogP contribution in [0.4, 0.5) is 0 Å². The monoisotopic (exact) mass is 353 g/mol. The highest BCUT2D eigenvalue weighted by Gasteiger charge is 2.42. The van der Waals surface area contributed by atoms with Gasteiger partial charge >= 0.3 is 0 Å². The van der Waals surface area contributed by atoms with Gasteiger partial charge in [-0.1, -0.05) is 6.42 Å². The van der Waals surface area contributed by atoms with E-state index in [2.05, 4.69) is 33.3 Å². The van der Waals surface area contributed by atoms with Crippen molar-refractivity contribution in [2.24, 2.45) is 17.8 Å². The van der Waals surface area contributed by atoms with Crippen molar-refractivity contribution >= 4 is 21.8 Å². The van der Waals surface area contributed by atoms with E-state index in [-0.39, 0.29) is 18.0 Å². The number of hydrogen-bond donors (Lipinski definition) is 1. The molecule has 21 heavy (non-hydrogen) atoms. The molecule has 1 N–H and O–H groups in total. The van der Waals surface area contributed by atoms with E-state index in [0.29, 0.717) is 5.92 Å². The van der Waals surface area contributed by atoms with Gasteiger partial charge in [0.2, 0.25) is 5.91 Å². The normalized spacial score (nSPS) is 30.4. The lowest BCUT2D eigenvalue weighted by Crippen LogP contribution is -2.43. The molecule has 0 spiro atoms. The number of amides is 1. The Hall–Kier alpha value is -0.840. The number of nitrogens with zero attached hydrogens (tertiary/aromatic N) is 2. The number of halogens is 1. The first-order valence-corrected chi connectivity index (χ1v) is 8.76. The minimum absolute atomic E-state index is 0.0697. The van der Waals surface area contributed by atoms with Crippen LogP contribution in [0.25, 0.3) is 0 Å². The summed E-state index contributed by atoms with van der Waals surface area (Å²) in [6.45, 7) is 6.01. The first-order chi connectivity index (χ1) is 9.95. The largest absolute Gasteiger partial charge is 0.352 e. The molecule has 4 nitrogen and oxygen atoms in total. The Morgan fingerprint density at radius 3 is 2.71 bits per heavy atom. The van der Waals surface area contributed by atoms with E-state index in [1.807, 2.05) is 20.0 Å². The van der Waals surface area contributed by atoms with E-state index >= 15 is 0 Å². The maximum atomic E-state index is 12.5. The summed E-state index contributed by atoms with van der Waals surface area (Å²) in [6, 6.07) is 0.00592. The number of carbonyl (C=O) groups excluding carboxylic acids is 1. The van der Waals surface area contributed by atoms with E-state index < -0.39 is 0 Å². The number of aryl methyl sites for hydroxylation is 1. The molecule has 0 saturated heterocycles. The Morgan fingerprint density at radius 2 is 2.19 bits per heavy atom. The smallest absolute Gasteiger partial charge is 0.244 e. The second-order valence-corrected chi connectivity index (χ2v) is 7.71. The molecule has 3 rings (SSSR count). The van der Waals surface area contributed by atoms with Gasteiger partial charge in [-0.05, 0) is 73.7 Å². The third-order valence-corrected chi connectivity index (χ3v) is 6.22. The zero-order valence-corrected chi connectivity index (χ0v) is 14.6. The number of carbonyl (C=O) groups is 1. The quantitative estimate of drug-likeness (QED) is 0.900. The van der Waals surface area contributed by atoms with Gasteiger partial charge in [-0.25, -0.2) is 0 Å². The number of rotatable bonds is 4. The van der Waals surface area contributed by atoms with Crippen LogP contribution in [0.2, 0.25) is 0 Å². The maximum Gasteiger partial charge on any atom is 0.244 e. The van der Waals surface area contributed by atoms with Gasteiger partial charge in [-0.2, -0.15) is 5.10 Å². The van der Waals surface area contributed by atoms with Gasteiger partial charge in [0.1, 0.15) is 6.04 Å². The molecular formula is C16H24BrN3O. The third-order valence-electron chi connectivity index (χ3n) is 5.44. The van der Waals surface area contributed by atoms with E-state index in [1.54, 1.807) is 4.68 Å². The molecule has 2 aliphatic carbocycles. The molecule has 2 fully saturated rings. The van der Waals surface area contributed by atoms with Crippen molar-refractivity contribution in [3.05, 3.63) is 16.4 Å². The molecule has 2 aliphatic rings. The van der Waals surface area contributed by atoms with Crippen LogP contribution in [-0.2, 0) is 4.79 Å². The molecule has 1 amide bonds. The first kappa shape index (κ1) is 15.1. The SMILES string of the molecule is Cc1nn([C@H](C)C(=O)N[C@H](C)[C@H]2C[C@H]3CC[C@H]2C3)cc1Br. The summed E-state index contributed by atoms with van der Waals surface area (Å²) in [7, 11) is 0. The van der Waals surface area contributed by atoms with Crippen LogP contribution in [-0.4, -0.2) is 21.7 Å². The predicted molar refractivity (Wildman–Crippen MR) is 85.9 cm³/mol. The molecular weight excluding hydrogens is 330 g/mol. The van der Waals surface area contributed by atoms with Gasteiger partial charge in [0.25, 0.3) is 0 Å². The molecule has 0 aromatic carbocycles. The zero-order chi connectivity index (χ0) is 15.1. The van der Waals surface area contributed by atoms with Gasteiger partial charge in [0.15, 0.2) is 0 Å². The summed E-state index contributed by atoms with van der Waals surface area (Å²) in [6.07, 6.45) is 7.32. The van der Waals surface area contributed by atoms with Crippen LogP contribution >= 0.6 is 15.9 Å². The molecule has 116 valence electrons. The highest BCUT2D eigenvalue weighted by atomic mass is 79.9. The average molecular weight is 354 g/mol. The molecule has 5 heteroatoms. The van der Waals surface area contributed by atoms with E-state index in [4.69, 9.17) is 0 Å². The first-order valence-electron chi connectivity index (χ1n) is 7.97. The second-order valence-electron chi connectivity index (χ2n) is 6.85. The minimum Gasteiger partial charge on any atom is -0.352 e. The summed E-state index contributed by atoms with van der Waals surface area (Å²) >= 11 is 3.45. The Labute approximate surface area is 134 Å². The Morgan fingerprint density at radius 1 is 1.43 bits per heavy atom. The fourth-order valence-corrected chi connectivity index (χ4v) is 4.43. The Bertz CT molecular complexity index is 522. The van der Waals surface area contributed by atoms with Crippen molar-refractivity contribution in [3.8, 4) is 0 Å². The van der Waals surface area contributed by atoms with Gasteiger partial charge in [0, 0.05) is 12.2 Å². The standard InChI is InChI=1S/C16H24BrN3O/c1-9(14-7-12-4-5-13(14)6-12)18-16(21)11(3)20-8-15(17)10(2)19-20/h8-9,11-14H,4-7H2,1-3H3,(H,18,21)/t9-,11-,12+,13+,14-/m1/s1. The van der Waals surface area contributed by atoms with Crippen LogP contribution < -0.4 is 5.32 Å². The van der Waals surface area contributed by atoms with Gasteiger partial charge in [-0.15, -0.1) is 0 Å². The lowest BCUT2D eigenvalue weighted by molar-refractivity contribution is -0.125. The minimum atomic E-state index is -0.268.